The van der Waals surface area contributed by atoms with Crippen LogP contribution in [0.3, 0.4) is 0 Å². The molecule has 1 aromatic rings. The van der Waals surface area contributed by atoms with Crippen LogP contribution in [0.25, 0.3) is 0 Å². The van der Waals surface area contributed by atoms with E-state index in [0.717, 1.165) is 36.7 Å². The number of ether oxygens (including phenoxy) is 1. The van der Waals surface area contributed by atoms with Crippen LogP contribution in [-0.4, -0.2) is 18.0 Å². The van der Waals surface area contributed by atoms with Crippen molar-refractivity contribution in [1.29, 1.82) is 0 Å². The highest BCUT2D eigenvalue weighted by Crippen LogP contribution is 2.30. The molecule has 0 unspecified atom stereocenters. The summed E-state index contributed by atoms with van der Waals surface area (Å²) in [6.45, 7) is 0.248. The lowest BCUT2D eigenvalue weighted by Crippen LogP contribution is -2.15. The van der Waals surface area contributed by atoms with Gasteiger partial charge >= 0.3 is 12.3 Å². The van der Waals surface area contributed by atoms with Gasteiger partial charge in [-0.2, -0.15) is 13.2 Å². The summed E-state index contributed by atoms with van der Waals surface area (Å²) >= 11 is 3.29. The number of alkyl halides is 4. The summed E-state index contributed by atoms with van der Waals surface area (Å²) in [5.74, 6) is 0. The molecule has 0 aliphatic carbocycles. The topological polar surface area (TPSA) is 38.3 Å². The molecule has 0 heterocycles. The van der Waals surface area contributed by atoms with Crippen LogP contribution < -0.4 is 5.32 Å². The number of rotatable bonds is 6. The van der Waals surface area contributed by atoms with Crippen molar-refractivity contribution in [3.05, 3.63) is 29.8 Å². The van der Waals surface area contributed by atoms with E-state index in [2.05, 4.69) is 21.2 Å². The predicted octanol–water partition coefficient (Wildman–Crippen LogP) is 4.82. The molecular weight excluding hydrogens is 339 g/mol. The van der Waals surface area contributed by atoms with E-state index >= 15 is 0 Å². The maximum Gasteiger partial charge on any atom is 0.416 e. The number of unbranched alkanes of at least 4 members (excludes halogenated alkanes) is 2. The first-order chi connectivity index (χ1) is 9.43. The van der Waals surface area contributed by atoms with Crippen molar-refractivity contribution in [2.75, 3.05) is 17.3 Å². The molecule has 0 aromatic heterocycles. The largest absolute Gasteiger partial charge is 0.449 e. The number of amides is 1. The molecule has 0 aliphatic rings. The molecule has 0 bridgehead atoms. The number of hydrogen-bond acceptors (Lipinski definition) is 2. The summed E-state index contributed by atoms with van der Waals surface area (Å²) < 4.78 is 42.3. The van der Waals surface area contributed by atoms with Gasteiger partial charge < -0.3 is 4.74 Å². The molecule has 3 nitrogen and oxygen atoms in total. The highest BCUT2D eigenvalue weighted by molar-refractivity contribution is 9.09. The van der Waals surface area contributed by atoms with E-state index < -0.39 is 17.8 Å². The van der Waals surface area contributed by atoms with Crippen LogP contribution in [0.15, 0.2) is 24.3 Å². The third kappa shape index (κ3) is 6.27. The Kier molecular flexibility index (Phi) is 6.84. The van der Waals surface area contributed by atoms with E-state index in [0.29, 0.717) is 0 Å². The second kappa shape index (κ2) is 8.14. The van der Waals surface area contributed by atoms with E-state index in [9.17, 15) is 18.0 Å². The van der Waals surface area contributed by atoms with Gasteiger partial charge in [-0.25, -0.2) is 4.79 Å². The third-order valence-electron chi connectivity index (χ3n) is 2.45. The molecule has 0 aliphatic heterocycles. The van der Waals surface area contributed by atoms with Crippen molar-refractivity contribution < 1.29 is 22.7 Å². The first-order valence-electron chi connectivity index (χ1n) is 6.10. The lowest BCUT2D eigenvalue weighted by atomic mass is 10.2. The van der Waals surface area contributed by atoms with Gasteiger partial charge in [0.1, 0.15) is 0 Å². The molecule has 0 atom stereocenters. The smallest absolute Gasteiger partial charge is 0.416 e. The number of hydrogen-bond donors (Lipinski definition) is 1. The van der Waals surface area contributed by atoms with Gasteiger partial charge in [-0.05, 0) is 37.5 Å². The number of benzene rings is 1. The van der Waals surface area contributed by atoms with Gasteiger partial charge in [0.15, 0.2) is 0 Å². The van der Waals surface area contributed by atoms with Gasteiger partial charge in [0.05, 0.1) is 12.2 Å². The molecule has 0 fully saturated rings. The highest BCUT2D eigenvalue weighted by Gasteiger charge is 2.30. The highest BCUT2D eigenvalue weighted by atomic mass is 79.9. The van der Waals surface area contributed by atoms with Gasteiger partial charge in [0.2, 0.25) is 0 Å². The zero-order valence-electron chi connectivity index (χ0n) is 10.7. The molecule has 1 aromatic carbocycles. The van der Waals surface area contributed by atoms with Crippen molar-refractivity contribution in [2.24, 2.45) is 0 Å². The lowest BCUT2D eigenvalue weighted by molar-refractivity contribution is -0.137. The number of carbonyl (C=O) groups is 1. The van der Waals surface area contributed by atoms with Crippen molar-refractivity contribution >= 4 is 27.7 Å². The Balaban J connectivity index is 2.42. The lowest BCUT2D eigenvalue weighted by Gasteiger charge is -2.10. The standard InChI is InChI=1S/C13H15BrF3NO2/c14-7-2-1-3-8-20-12(19)18-11-6-4-5-10(9-11)13(15,16)17/h4-6,9H,1-3,7-8H2,(H,18,19). The minimum atomic E-state index is -4.43. The Bertz CT molecular complexity index is 438. The van der Waals surface area contributed by atoms with Crippen LogP contribution in [0.4, 0.5) is 23.7 Å². The van der Waals surface area contributed by atoms with Crippen molar-refractivity contribution in [3.63, 3.8) is 0 Å². The quantitative estimate of drug-likeness (QED) is 0.588. The van der Waals surface area contributed by atoms with Gasteiger partial charge in [0.25, 0.3) is 0 Å². The van der Waals surface area contributed by atoms with Crippen LogP contribution in [-0.2, 0) is 10.9 Å². The molecule has 112 valence electrons. The zero-order valence-corrected chi connectivity index (χ0v) is 12.3. The molecule has 1 rings (SSSR count). The second-order valence-electron chi connectivity index (χ2n) is 4.09. The second-order valence-corrected chi connectivity index (χ2v) is 4.88. The Labute approximate surface area is 123 Å². The fourth-order valence-corrected chi connectivity index (χ4v) is 1.86. The minimum absolute atomic E-state index is 0.0604. The average Bonchev–Trinajstić information content (AvgIpc) is 2.38. The van der Waals surface area contributed by atoms with Crippen LogP contribution in [0.5, 0.6) is 0 Å². The number of nitrogens with one attached hydrogen (secondary N) is 1. The normalized spacial score (nSPS) is 11.2. The maximum absolute atomic E-state index is 12.5. The molecule has 0 saturated carbocycles. The predicted molar refractivity (Wildman–Crippen MR) is 74.1 cm³/mol. The van der Waals surface area contributed by atoms with Gasteiger partial charge in [-0.3, -0.25) is 5.32 Å². The SMILES string of the molecule is O=C(Nc1cccc(C(F)(F)F)c1)OCCCCCBr. The molecule has 0 spiro atoms. The molecule has 7 heteroatoms. The Morgan fingerprint density at radius 1 is 1.25 bits per heavy atom. The number of anilines is 1. The molecular formula is C13H15BrF3NO2. The average molecular weight is 354 g/mol. The fraction of sp³-hybridized carbons (Fsp3) is 0.462. The number of carbonyl (C=O) groups excluding carboxylic acids is 1. The molecule has 1 amide bonds. The van der Waals surface area contributed by atoms with E-state index in [-0.39, 0.29) is 12.3 Å². The van der Waals surface area contributed by atoms with E-state index in [1.807, 2.05) is 0 Å². The summed E-state index contributed by atoms with van der Waals surface area (Å²) in [5.41, 5.74) is -0.752. The summed E-state index contributed by atoms with van der Waals surface area (Å²) in [7, 11) is 0. The van der Waals surface area contributed by atoms with Crippen LogP contribution in [0.1, 0.15) is 24.8 Å². The summed E-state index contributed by atoms with van der Waals surface area (Å²) in [6, 6.07) is 4.42. The van der Waals surface area contributed by atoms with Crippen molar-refractivity contribution in [1.82, 2.24) is 0 Å². The molecule has 20 heavy (non-hydrogen) atoms. The zero-order chi connectivity index (χ0) is 15.0. The molecule has 0 saturated heterocycles. The Morgan fingerprint density at radius 3 is 2.65 bits per heavy atom. The molecule has 1 N–H and O–H groups in total. The van der Waals surface area contributed by atoms with Gasteiger partial charge in [-0.15, -0.1) is 0 Å². The Hall–Kier alpha value is -1.24. The summed E-state index contributed by atoms with van der Waals surface area (Å²) in [4.78, 5) is 11.4. The molecule has 0 radical (unpaired) electrons. The summed E-state index contributed by atoms with van der Waals surface area (Å²) in [6.07, 6.45) is -2.55. The fourth-order valence-electron chi connectivity index (χ4n) is 1.47. The van der Waals surface area contributed by atoms with Crippen molar-refractivity contribution in [2.45, 2.75) is 25.4 Å². The minimum Gasteiger partial charge on any atom is -0.449 e. The Morgan fingerprint density at radius 2 is 2.00 bits per heavy atom. The maximum atomic E-state index is 12.5. The first kappa shape index (κ1) is 16.8. The van der Waals surface area contributed by atoms with Crippen molar-refractivity contribution in [3.8, 4) is 0 Å². The van der Waals surface area contributed by atoms with E-state index in [1.54, 1.807) is 0 Å². The summed E-state index contributed by atoms with van der Waals surface area (Å²) in [5, 5.41) is 3.17. The van der Waals surface area contributed by atoms with Gasteiger partial charge in [0, 0.05) is 11.0 Å². The third-order valence-corrected chi connectivity index (χ3v) is 3.01. The number of halogens is 4. The van der Waals surface area contributed by atoms with Gasteiger partial charge in [-0.1, -0.05) is 22.0 Å². The van der Waals surface area contributed by atoms with E-state index in [1.165, 1.54) is 12.1 Å². The monoisotopic (exact) mass is 353 g/mol. The van der Waals surface area contributed by atoms with Crippen LogP contribution >= 0.6 is 15.9 Å². The van der Waals surface area contributed by atoms with Crippen LogP contribution in [0.2, 0.25) is 0 Å². The first-order valence-corrected chi connectivity index (χ1v) is 7.22. The van der Waals surface area contributed by atoms with Crippen LogP contribution in [0, 0.1) is 0 Å². The van der Waals surface area contributed by atoms with E-state index in [4.69, 9.17) is 4.74 Å².